The molecule has 0 aliphatic rings. The van der Waals surface area contributed by atoms with Gasteiger partial charge in [-0.15, -0.1) is 0 Å². The molecule has 0 saturated carbocycles. The van der Waals surface area contributed by atoms with Crippen molar-refractivity contribution in [2.75, 3.05) is 6.54 Å². The van der Waals surface area contributed by atoms with Gasteiger partial charge in [-0.2, -0.15) is 13.2 Å². The topological polar surface area (TPSA) is 12.0 Å². The van der Waals surface area contributed by atoms with Crippen molar-refractivity contribution >= 4 is 15.9 Å². The van der Waals surface area contributed by atoms with Crippen LogP contribution in [0, 0.1) is 5.82 Å². The van der Waals surface area contributed by atoms with Gasteiger partial charge in [-0.25, -0.2) is 4.39 Å². The molecule has 1 N–H and O–H groups in total. The van der Waals surface area contributed by atoms with Crippen LogP contribution < -0.4 is 5.32 Å². The van der Waals surface area contributed by atoms with E-state index in [9.17, 15) is 17.6 Å². The highest BCUT2D eigenvalue weighted by molar-refractivity contribution is 9.10. The third kappa shape index (κ3) is 5.91. The molecule has 0 aliphatic carbocycles. The van der Waals surface area contributed by atoms with E-state index in [1.54, 1.807) is 12.1 Å². The summed E-state index contributed by atoms with van der Waals surface area (Å²) in [5, 5.41) is 3.08. The number of alkyl halides is 3. The van der Waals surface area contributed by atoms with Gasteiger partial charge >= 0.3 is 6.18 Å². The second-order valence-corrected chi connectivity index (χ2v) is 5.15. The number of rotatable bonds is 6. The lowest BCUT2D eigenvalue weighted by Gasteiger charge is -2.19. The summed E-state index contributed by atoms with van der Waals surface area (Å²) in [6, 6.07) is 4.38. The summed E-state index contributed by atoms with van der Waals surface area (Å²) in [6.07, 6.45) is -4.59. The minimum absolute atomic E-state index is 0.0266. The van der Waals surface area contributed by atoms with Crippen LogP contribution in [0.1, 0.15) is 37.8 Å². The van der Waals surface area contributed by atoms with Gasteiger partial charge in [-0.05, 0) is 53.0 Å². The smallest absolute Gasteiger partial charge is 0.310 e. The van der Waals surface area contributed by atoms with Gasteiger partial charge < -0.3 is 5.32 Å². The monoisotopic (exact) mass is 341 g/mol. The maximum atomic E-state index is 13.4. The fraction of sp³-hybridized carbons (Fsp3) is 0.538. The van der Waals surface area contributed by atoms with Crippen LogP contribution in [0.3, 0.4) is 0 Å². The molecule has 1 aromatic carbocycles. The predicted molar refractivity (Wildman–Crippen MR) is 70.4 cm³/mol. The second kappa shape index (κ2) is 7.24. The lowest BCUT2D eigenvalue weighted by atomic mass is 10.0. The summed E-state index contributed by atoms with van der Waals surface area (Å²) >= 11 is 3.05. The van der Waals surface area contributed by atoms with Crippen LogP contribution in [0.2, 0.25) is 0 Å². The van der Waals surface area contributed by atoms with E-state index in [2.05, 4.69) is 21.2 Å². The van der Waals surface area contributed by atoms with Gasteiger partial charge in [-0.3, -0.25) is 0 Å². The maximum Gasteiger partial charge on any atom is 0.389 e. The molecule has 0 spiro atoms. The van der Waals surface area contributed by atoms with Crippen molar-refractivity contribution in [3.05, 3.63) is 34.1 Å². The highest BCUT2D eigenvalue weighted by atomic mass is 79.9. The zero-order valence-electron chi connectivity index (χ0n) is 10.5. The van der Waals surface area contributed by atoms with E-state index in [4.69, 9.17) is 0 Å². The maximum absolute atomic E-state index is 13.4. The minimum Gasteiger partial charge on any atom is -0.310 e. The Kier molecular flexibility index (Phi) is 6.26. The van der Waals surface area contributed by atoms with Crippen LogP contribution in [0.5, 0.6) is 0 Å². The second-order valence-electron chi connectivity index (χ2n) is 4.29. The van der Waals surface area contributed by atoms with Crippen LogP contribution in [-0.2, 0) is 0 Å². The Morgan fingerprint density at radius 3 is 2.53 bits per heavy atom. The van der Waals surface area contributed by atoms with Gasteiger partial charge in [0.1, 0.15) is 5.82 Å². The van der Waals surface area contributed by atoms with E-state index in [1.165, 1.54) is 6.07 Å². The first-order valence-electron chi connectivity index (χ1n) is 6.08. The van der Waals surface area contributed by atoms with Gasteiger partial charge in [0.15, 0.2) is 0 Å². The summed E-state index contributed by atoms with van der Waals surface area (Å²) in [5.74, 6) is -0.406. The van der Waals surface area contributed by atoms with Gasteiger partial charge in [0.2, 0.25) is 0 Å². The molecule has 1 nitrogen and oxygen atoms in total. The van der Waals surface area contributed by atoms with Crippen LogP contribution in [0.25, 0.3) is 0 Å². The molecule has 0 aliphatic heterocycles. The van der Waals surface area contributed by atoms with E-state index >= 15 is 0 Å². The Hall–Kier alpha value is -0.620. The molecular weight excluding hydrogens is 326 g/mol. The molecule has 108 valence electrons. The molecule has 0 radical (unpaired) electrons. The molecule has 0 bridgehead atoms. The van der Waals surface area contributed by atoms with E-state index in [0.717, 1.165) is 0 Å². The molecule has 1 atom stereocenters. The molecule has 0 aromatic heterocycles. The highest BCUT2D eigenvalue weighted by Gasteiger charge is 2.26. The fourth-order valence-corrected chi connectivity index (χ4v) is 2.12. The summed E-state index contributed by atoms with van der Waals surface area (Å²) in [7, 11) is 0. The van der Waals surface area contributed by atoms with Crippen molar-refractivity contribution in [2.45, 2.75) is 38.4 Å². The van der Waals surface area contributed by atoms with Gasteiger partial charge in [0.05, 0.1) is 4.47 Å². The Bertz CT molecular complexity index is 406. The Balaban J connectivity index is 2.68. The molecule has 19 heavy (non-hydrogen) atoms. The molecule has 1 unspecified atom stereocenters. The molecule has 0 fully saturated rings. The number of benzene rings is 1. The van der Waals surface area contributed by atoms with E-state index < -0.39 is 18.4 Å². The molecule has 1 aromatic rings. The predicted octanol–water partition coefficient (Wildman–Crippen LogP) is 4.97. The minimum atomic E-state index is -4.14. The number of halogens is 5. The van der Waals surface area contributed by atoms with E-state index in [-0.39, 0.29) is 12.5 Å². The number of hydrogen-bond donors (Lipinski definition) is 1. The Morgan fingerprint density at radius 2 is 2.00 bits per heavy atom. The van der Waals surface area contributed by atoms with Gasteiger partial charge in [0.25, 0.3) is 0 Å². The van der Waals surface area contributed by atoms with Crippen molar-refractivity contribution in [3.8, 4) is 0 Å². The standard InChI is InChI=1S/C13H16BrF4N/c1-2-19-12(4-3-7-13(16,17)18)9-5-6-10(14)11(15)8-9/h5-6,8,12,19H,2-4,7H2,1H3. The van der Waals surface area contributed by atoms with Crippen LogP contribution in [0.15, 0.2) is 22.7 Å². The SMILES string of the molecule is CCNC(CCCC(F)(F)F)c1ccc(Br)c(F)c1. The number of hydrogen-bond acceptors (Lipinski definition) is 1. The van der Waals surface area contributed by atoms with Crippen LogP contribution in [-0.4, -0.2) is 12.7 Å². The quantitative estimate of drug-likeness (QED) is 0.720. The van der Waals surface area contributed by atoms with Crippen LogP contribution >= 0.6 is 15.9 Å². The summed E-state index contributed by atoms with van der Waals surface area (Å²) in [5.41, 5.74) is 0.671. The first-order valence-corrected chi connectivity index (χ1v) is 6.88. The number of nitrogens with one attached hydrogen (secondary N) is 1. The fourth-order valence-electron chi connectivity index (χ4n) is 1.87. The van der Waals surface area contributed by atoms with Crippen molar-refractivity contribution in [1.82, 2.24) is 5.32 Å². The molecule has 0 amide bonds. The Morgan fingerprint density at radius 1 is 1.32 bits per heavy atom. The van der Waals surface area contributed by atoms with E-state index in [1.807, 2.05) is 6.92 Å². The lowest BCUT2D eigenvalue weighted by molar-refractivity contribution is -0.135. The molecule has 1 rings (SSSR count). The first-order chi connectivity index (χ1) is 8.83. The highest BCUT2D eigenvalue weighted by Crippen LogP contribution is 2.27. The third-order valence-electron chi connectivity index (χ3n) is 2.75. The summed E-state index contributed by atoms with van der Waals surface area (Å²) in [6.45, 7) is 2.49. The first kappa shape index (κ1) is 16.4. The van der Waals surface area contributed by atoms with Crippen molar-refractivity contribution in [2.24, 2.45) is 0 Å². The molecule has 0 saturated heterocycles. The van der Waals surface area contributed by atoms with Crippen molar-refractivity contribution in [1.29, 1.82) is 0 Å². The molecule has 6 heteroatoms. The van der Waals surface area contributed by atoms with Crippen molar-refractivity contribution in [3.63, 3.8) is 0 Å². The zero-order valence-corrected chi connectivity index (χ0v) is 12.1. The summed E-state index contributed by atoms with van der Waals surface area (Å²) in [4.78, 5) is 0. The average molecular weight is 342 g/mol. The van der Waals surface area contributed by atoms with E-state index in [0.29, 0.717) is 23.0 Å². The summed E-state index contributed by atoms with van der Waals surface area (Å²) < 4.78 is 50.2. The molecule has 0 heterocycles. The molecular formula is C13H16BrF4N. The van der Waals surface area contributed by atoms with Gasteiger partial charge in [-0.1, -0.05) is 13.0 Å². The Labute approximate surface area is 118 Å². The van der Waals surface area contributed by atoms with Crippen molar-refractivity contribution < 1.29 is 17.6 Å². The average Bonchev–Trinajstić information content (AvgIpc) is 2.30. The lowest BCUT2D eigenvalue weighted by Crippen LogP contribution is -2.21. The van der Waals surface area contributed by atoms with Gasteiger partial charge in [0, 0.05) is 12.5 Å². The van der Waals surface area contributed by atoms with Crippen LogP contribution in [0.4, 0.5) is 17.6 Å². The largest absolute Gasteiger partial charge is 0.389 e. The third-order valence-corrected chi connectivity index (χ3v) is 3.39. The zero-order chi connectivity index (χ0) is 14.5. The normalized spacial score (nSPS) is 13.6.